The Hall–Kier alpha value is -2.89. The third-order valence-corrected chi connectivity index (χ3v) is 3.69. The summed E-state index contributed by atoms with van der Waals surface area (Å²) in [6.07, 6.45) is 0. The van der Waals surface area contributed by atoms with E-state index in [0.717, 1.165) is 0 Å². The van der Waals surface area contributed by atoms with E-state index in [0.29, 0.717) is 0 Å². The second-order valence-corrected chi connectivity index (χ2v) is 5.52. The smallest absolute Gasteiger partial charge is 0.371 e. The first kappa shape index (κ1) is 19.4. The summed E-state index contributed by atoms with van der Waals surface area (Å²) in [7, 11) is 0. The number of carbonyl (C=O) groups excluding carboxylic acids is 2. The van der Waals surface area contributed by atoms with Gasteiger partial charge >= 0.3 is 11.9 Å². The Morgan fingerprint density at radius 1 is 1.35 bits per heavy atom. The summed E-state index contributed by atoms with van der Waals surface area (Å²) >= 11 is 12.3. The van der Waals surface area contributed by atoms with Gasteiger partial charge in [-0.05, 0) is 26.0 Å². The summed E-state index contributed by atoms with van der Waals surface area (Å²) in [5.41, 5.74) is -0.487. The fourth-order valence-corrected chi connectivity index (χ4v) is 2.52. The molecule has 0 aliphatic heterocycles. The van der Waals surface area contributed by atoms with Crippen molar-refractivity contribution in [3.8, 4) is 17.3 Å². The Labute approximate surface area is 157 Å². The monoisotopic (exact) mass is 395 g/mol. The number of hydrogen-bond acceptors (Lipinski definition) is 8. The number of aryl methyl sites for hydroxylation is 1. The van der Waals surface area contributed by atoms with Crippen LogP contribution in [0.25, 0.3) is 11.3 Å². The first-order valence-electron chi connectivity index (χ1n) is 7.17. The normalized spacial score (nSPS) is 11.0. The van der Waals surface area contributed by atoms with E-state index in [-0.39, 0.29) is 39.2 Å². The molecule has 2 aromatic rings. The summed E-state index contributed by atoms with van der Waals surface area (Å²) in [5.74, 6) is -1.91. The van der Waals surface area contributed by atoms with E-state index in [1.165, 1.54) is 13.0 Å². The molecular weight excluding hydrogens is 385 g/mol. The average Bonchev–Trinajstić information content (AvgIpc) is 2.96. The zero-order chi connectivity index (χ0) is 19.3. The molecule has 0 fully saturated rings. The standard InChI is InChI=1S/C16H11Cl2N3O5/c1-3-24-15(22)11(7-19)20-26-16(23)12-8(2)25-21-14(12)13-9(17)5-4-6-10(13)18/h4-6H,3H2,1-2H3. The van der Waals surface area contributed by atoms with E-state index >= 15 is 0 Å². The zero-order valence-electron chi connectivity index (χ0n) is 13.6. The van der Waals surface area contributed by atoms with Crippen molar-refractivity contribution in [3.05, 3.63) is 39.6 Å². The van der Waals surface area contributed by atoms with Crippen LogP contribution in [-0.4, -0.2) is 29.4 Å². The number of esters is 1. The minimum atomic E-state index is -1.01. The molecule has 1 aromatic carbocycles. The van der Waals surface area contributed by atoms with Crippen LogP contribution in [0.3, 0.4) is 0 Å². The Balaban J connectivity index is 2.39. The minimum Gasteiger partial charge on any atom is -0.461 e. The molecule has 0 radical (unpaired) electrons. The zero-order valence-corrected chi connectivity index (χ0v) is 15.1. The molecule has 0 aliphatic rings. The molecule has 8 nitrogen and oxygen atoms in total. The van der Waals surface area contributed by atoms with E-state index in [4.69, 9.17) is 33.0 Å². The lowest BCUT2D eigenvalue weighted by atomic mass is 10.1. The number of halogens is 2. The molecule has 1 aromatic heterocycles. The van der Waals surface area contributed by atoms with Crippen LogP contribution >= 0.6 is 23.2 Å². The van der Waals surface area contributed by atoms with E-state index in [2.05, 4.69) is 19.9 Å². The SMILES string of the molecule is CCOC(=O)C(C#N)=NOC(=O)c1c(-c2c(Cl)cccc2Cl)noc1C. The van der Waals surface area contributed by atoms with E-state index in [1.807, 2.05) is 0 Å². The van der Waals surface area contributed by atoms with Gasteiger partial charge in [0.05, 0.1) is 16.7 Å². The molecule has 0 N–H and O–H groups in total. The Kier molecular flexibility index (Phi) is 6.33. The van der Waals surface area contributed by atoms with E-state index in [1.54, 1.807) is 25.1 Å². The second kappa shape index (κ2) is 8.47. The van der Waals surface area contributed by atoms with Crippen LogP contribution in [0.2, 0.25) is 10.0 Å². The van der Waals surface area contributed by atoms with E-state index in [9.17, 15) is 9.59 Å². The molecule has 0 spiro atoms. The number of carbonyl (C=O) groups is 2. The van der Waals surface area contributed by atoms with Crippen molar-refractivity contribution in [1.82, 2.24) is 5.16 Å². The third kappa shape index (κ3) is 4.02. The van der Waals surface area contributed by atoms with Crippen LogP contribution in [0.4, 0.5) is 0 Å². The Morgan fingerprint density at radius 3 is 2.58 bits per heavy atom. The first-order chi connectivity index (χ1) is 12.4. The molecule has 0 saturated carbocycles. The van der Waals surface area contributed by atoms with Gasteiger partial charge in [-0.2, -0.15) is 5.26 Å². The summed E-state index contributed by atoms with van der Waals surface area (Å²) in [6.45, 7) is 3.06. The number of oxime groups is 1. The van der Waals surface area contributed by atoms with Gasteiger partial charge in [-0.15, -0.1) is 0 Å². The van der Waals surface area contributed by atoms with Crippen LogP contribution < -0.4 is 0 Å². The lowest BCUT2D eigenvalue weighted by molar-refractivity contribution is -0.135. The number of rotatable bonds is 5. The lowest BCUT2D eigenvalue weighted by Gasteiger charge is -2.05. The largest absolute Gasteiger partial charge is 0.461 e. The van der Waals surface area contributed by atoms with Gasteiger partial charge in [-0.1, -0.05) is 39.6 Å². The van der Waals surface area contributed by atoms with Crippen LogP contribution in [0.5, 0.6) is 0 Å². The van der Waals surface area contributed by atoms with Gasteiger partial charge in [0.15, 0.2) is 0 Å². The van der Waals surface area contributed by atoms with Gasteiger partial charge in [-0.3, -0.25) is 0 Å². The van der Waals surface area contributed by atoms with Crippen molar-refractivity contribution in [2.24, 2.45) is 5.16 Å². The van der Waals surface area contributed by atoms with Crippen molar-refractivity contribution in [1.29, 1.82) is 5.26 Å². The highest BCUT2D eigenvalue weighted by molar-refractivity contribution is 6.43. The molecule has 10 heteroatoms. The molecule has 0 aliphatic carbocycles. The van der Waals surface area contributed by atoms with Gasteiger partial charge in [0.25, 0.3) is 5.71 Å². The molecule has 2 rings (SSSR count). The summed E-state index contributed by atoms with van der Waals surface area (Å²) in [5, 5.41) is 16.4. The molecule has 134 valence electrons. The van der Waals surface area contributed by atoms with Crippen molar-refractivity contribution in [2.45, 2.75) is 13.8 Å². The second-order valence-electron chi connectivity index (χ2n) is 4.71. The van der Waals surface area contributed by atoms with Gasteiger partial charge in [0.2, 0.25) is 0 Å². The molecule has 0 bridgehead atoms. The fraction of sp³-hybridized carbons (Fsp3) is 0.188. The predicted molar refractivity (Wildman–Crippen MR) is 91.8 cm³/mol. The maximum Gasteiger partial charge on any atom is 0.371 e. The maximum atomic E-state index is 12.4. The molecule has 0 unspecified atom stereocenters. The van der Waals surface area contributed by atoms with Crippen LogP contribution in [-0.2, 0) is 14.4 Å². The molecule has 0 saturated heterocycles. The van der Waals surface area contributed by atoms with Gasteiger partial charge in [0, 0.05) is 5.56 Å². The van der Waals surface area contributed by atoms with Crippen molar-refractivity contribution >= 4 is 40.9 Å². The molecule has 0 amide bonds. The molecular formula is C16H11Cl2N3O5. The third-order valence-electron chi connectivity index (χ3n) is 3.06. The number of hydrogen-bond donors (Lipinski definition) is 0. The molecule has 0 atom stereocenters. The van der Waals surface area contributed by atoms with Crippen molar-refractivity contribution in [2.75, 3.05) is 6.61 Å². The lowest BCUT2D eigenvalue weighted by Crippen LogP contribution is -2.17. The average molecular weight is 396 g/mol. The quantitative estimate of drug-likeness (QED) is 0.328. The number of ether oxygens (including phenoxy) is 1. The van der Waals surface area contributed by atoms with Crippen LogP contribution in [0.15, 0.2) is 27.9 Å². The highest BCUT2D eigenvalue weighted by Crippen LogP contribution is 2.36. The number of aromatic nitrogens is 1. The Bertz CT molecular complexity index is 910. The van der Waals surface area contributed by atoms with Crippen LogP contribution in [0, 0.1) is 18.3 Å². The number of benzene rings is 1. The summed E-state index contributed by atoms with van der Waals surface area (Å²) < 4.78 is 9.64. The topological polar surface area (TPSA) is 115 Å². The van der Waals surface area contributed by atoms with Gasteiger partial charge in [-0.25, -0.2) is 9.59 Å². The Morgan fingerprint density at radius 2 is 2.00 bits per heavy atom. The predicted octanol–water partition coefficient (Wildman–Crippen LogP) is 3.56. The molecule has 1 heterocycles. The summed E-state index contributed by atoms with van der Waals surface area (Å²) in [4.78, 5) is 28.5. The van der Waals surface area contributed by atoms with Crippen LogP contribution in [0.1, 0.15) is 23.0 Å². The van der Waals surface area contributed by atoms with Gasteiger partial charge in [0.1, 0.15) is 23.1 Å². The summed E-state index contributed by atoms with van der Waals surface area (Å²) in [6, 6.07) is 6.24. The molecule has 26 heavy (non-hydrogen) atoms. The number of nitriles is 1. The minimum absolute atomic E-state index is 0.0351. The van der Waals surface area contributed by atoms with Crippen molar-refractivity contribution < 1.29 is 23.7 Å². The van der Waals surface area contributed by atoms with Crippen molar-refractivity contribution in [3.63, 3.8) is 0 Å². The fourth-order valence-electron chi connectivity index (χ4n) is 1.94. The van der Waals surface area contributed by atoms with E-state index < -0.39 is 17.7 Å². The van der Waals surface area contributed by atoms with Gasteiger partial charge < -0.3 is 14.1 Å². The maximum absolute atomic E-state index is 12.4. The first-order valence-corrected chi connectivity index (χ1v) is 7.93. The highest BCUT2D eigenvalue weighted by Gasteiger charge is 2.27. The number of nitrogens with zero attached hydrogens (tertiary/aromatic N) is 3. The highest BCUT2D eigenvalue weighted by atomic mass is 35.5.